The summed E-state index contributed by atoms with van der Waals surface area (Å²) in [6.45, 7) is 5.50. The summed E-state index contributed by atoms with van der Waals surface area (Å²) in [5, 5.41) is 8.48. The number of carbonyl (C=O) groups is 3. The van der Waals surface area contributed by atoms with E-state index in [-0.39, 0.29) is 36.7 Å². The standard InChI is InChI=1S/C13H22N4O3.ClH/c1-3-14-6-7-15-10(18)8-17-11(19)13(2,9-4-5-9)16-12(17)20;/h9,14H,3-8H2,1-2H3,(H,15,18)(H,16,20);1H. The van der Waals surface area contributed by atoms with Crippen LogP contribution in [0, 0.1) is 5.92 Å². The molecule has 120 valence electrons. The molecule has 1 aliphatic heterocycles. The summed E-state index contributed by atoms with van der Waals surface area (Å²) in [5.74, 6) is -0.390. The number of rotatable bonds is 7. The van der Waals surface area contributed by atoms with Crippen LogP contribution in [0.4, 0.5) is 4.79 Å². The van der Waals surface area contributed by atoms with Gasteiger partial charge in [0.1, 0.15) is 12.1 Å². The Labute approximate surface area is 130 Å². The molecule has 3 N–H and O–H groups in total. The number of nitrogens with one attached hydrogen (secondary N) is 3. The average Bonchev–Trinajstić information content (AvgIpc) is 3.21. The van der Waals surface area contributed by atoms with Gasteiger partial charge in [-0.3, -0.25) is 14.5 Å². The molecule has 21 heavy (non-hydrogen) atoms. The van der Waals surface area contributed by atoms with E-state index >= 15 is 0 Å². The first-order valence-electron chi connectivity index (χ1n) is 7.10. The van der Waals surface area contributed by atoms with Crippen molar-refractivity contribution in [3.63, 3.8) is 0 Å². The van der Waals surface area contributed by atoms with Crippen molar-refractivity contribution in [3.8, 4) is 0 Å². The molecular formula is C13H23ClN4O3. The number of urea groups is 1. The number of halogens is 1. The lowest BCUT2D eigenvalue weighted by atomic mass is 9.96. The minimum atomic E-state index is -0.818. The van der Waals surface area contributed by atoms with Crippen molar-refractivity contribution in [2.24, 2.45) is 5.92 Å². The first kappa shape index (κ1) is 17.7. The molecule has 2 fully saturated rings. The van der Waals surface area contributed by atoms with Gasteiger partial charge in [-0.05, 0) is 32.2 Å². The molecule has 1 heterocycles. The van der Waals surface area contributed by atoms with Crippen LogP contribution < -0.4 is 16.0 Å². The first-order valence-corrected chi connectivity index (χ1v) is 7.10. The zero-order valence-electron chi connectivity index (χ0n) is 12.4. The number of imide groups is 1. The van der Waals surface area contributed by atoms with E-state index < -0.39 is 11.6 Å². The van der Waals surface area contributed by atoms with Crippen LogP contribution in [0.5, 0.6) is 0 Å². The minimum absolute atomic E-state index is 0. The summed E-state index contributed by atoms with van der Waals surface area (Å²) in [6, 6.07) is -0.466. The van der Waals surface area contributed by atoms with Crippen molar-refractivity contribution >= 4 is 30.3 Å². The second-order valence-electron chi connectivity index (χ2n) is 5.50. The zero-order chi connectivity index (χ0) is 14.8. The maximum atomic E-state index is 12.3. The molecule has 1 saturated carbocycles. The van der Waals surface area contributed by atoms with Crippen LogP contribution in [0.1, 0.15) is 26.7 Å². The molecule has 4 amide bonds. The number of amides is 4. The van der Waals surface area contributed by atoms with Crippen LogP contribution >= 0.6 is 12.4 Å². The Morgan fingerprint density at radius 3 is 2.62 bits per heavy atom. The summed E-state index contributed by atoms with van der Waals surface area (Å²) < 4.78 is 0. The van der Waals surface area contributed by atoms with Gasteiger partial charge < -0.3 is 16.0 Å². The third-order valence-electron chi connectivity index (χ3n) is 3.87. The predicted molar refractivity (Wildman–Crippen MR) is 80.2 cm³/mol. The summed E-state index contributed by atoms with van der Waals surface area (Å²) in [4.78, 5) is 36.9. The highest BCUT2D eigenvalue weighted by Crippen LogP contribution is 2.42. The molecule has 0 radical (unpaired) electrons. The van der Waals surface area contributed by atoms with Gasteiger partial charge in [0.25, 0.3) is 5.91 Å². The van der Waals surface area contributed by atoms with Crippen LogP contribution in [0.25, 0.3) is 0 Å². The van der Waals surface area contributed by atoms with Gasteiger partial charge in [-0.15, -0.1) is 12.4 Å². The first-order chi connectivity index (χ1) is 9.49. The second-order valence-corrected chi connectivity index (χ2v) is 5.50. The smallest absolute Gasteiger partial charge is 0.325 e. The summed E-state index contributed by atoms with van der Waals surface area (Å²) in [5.41, 5.74) is -0.818. The highest BCUT2D eigenvalue weighted by atomic mass is 35.5. The topological polar surface area (TPSA) is 90.5 Å². The van der Waals surface area contributed by atoms with E-state index in [1.807, 2.05) is 6.92 Å². The fourth-order valence-electron chi connectivity index (χ4n) is 2.46. The van der Waals surface area contributed by atoms with Crippen LogP contribution in [0.3, 0.4) is 0 Å². The van der Waals surface area contributed by atoms with Gasteiger partial charge in [-0.1, -0.05) is 6.92 Å². The van der Waals surface area contributed by atoms with Gasteiger partial charge in [0.2, 0.25) is 5.91 Å². The van der Waals surface area contributed by atoms with Crippen LogP contribution in [-0.2, 0) is 9.59 Å². The van der Waals surface area contributed by atoms with E-state index in [1.54, 1.807) is 6.92 Å². The molecule has 7 nitrogen and oxygen atoms in total. The van der Waals surface area contributed by atoms with E-state index in [4.69, 9.17) is 0 Å². The largest absolute Gasteiger partial charge is 0.353 e. The van der Waals surface area contributed by atoms with Gasteiger partial charge in [0, 0.05) is 13.1 Å². The molecule has 2 aliphatic rings. The van der Waals surface area contributed by atoms with Crippen molar-refractivity contribution in [1.29, 1.82) is 0 Å². The second kappa shape index (κ2) is 7.09. The molecule has 8 heteroatoms. The van der Waals surface area contributed by atoms with Crippen molar-refractivity contribution in [2.75, 3.05) is 26.2 Å². The molecule has 1 atom stereocenters. The van der Waals surface area contributed by atoms with E-state index in [0.29, 0.717) is 13.1 Å². The van der Waals surface area contributed by atoms with E-state index in [2.05, 4.69) is 16.0 Å². The lowest BCUT2D eigenvalue weighted by molar-refractivity contribution is -0.135. The lowest BCUT2D eigenvalue weighted by Gasteiger charge is -2.20. The van der Waals surface area contributed by atoms with Crippen molar-refractivity contribution < 1.29 is 14.4 Å². The maximum Gasteiger partial charge on any atom is 0.325 e. The Morgan fingerprint density at radius 1 is 1.38 bits per heavy atom. The molecule has 0 aromatic rings. The van der Waals surface area contributed by atoms with Crippen LogP contribution in [-0.4, -0.2) is 54.5 Å². The third kappa shape index (κ3) is 3.85. The van der Waals surface area contributed by atoms with Crippen molar-refractivity contribution in [1.82, 2.24) is 20.9 Å². The van der Waals surface area contributed by atoms with E-state index in [9.17, 15) is 14.4 Å². The van der Waals surface area contributed by atoms with Crippen LogP contribution in [0.2, 0.25) is 0 Å². The number of likely N-dealkylation sites (N-methyl/N-ethyl adjacent to an activating group) is 1. The van der Waals surface area contributed by atoms with Gasteiger partial charge >= 0.3 is 6.03 Å². The zero-order valence-corrected chi connectivity index (χ0v) is 13.2. The highest BCUT2D eigenvalue weighted by molar-refractivity contribution is 6.09. The normalized spacial score (nSPS) is 24.6. The fraction of sp³-hybridized carbons (Fsp3) is 0.769. The Hall–Kier alpha value is -1.34. The fourth-order valence-corrected chi connectivity index (χ4v) is 2.46. The Balaban J connectivity index is 0.00000220. The van der Waals surface area contributed by atoms with Crippen molar-refractivity contribution in [2.45, 2.75) is 32.2 Å². The quantitative estimate of drug-likeness (QED) is 0.450. The van der Waals surface area contributed by atoms with Gasteiger partial charge in [0.15, 0.2) is 0 Å². The van der Waals surface area contributed by atoms with Crippen LogP contribution in [0.15, 0.2) is 0 Å². The number of hydrogen-bond donors (Lipinski definition) is 3. The number of nitrogens with zero attached hydrogens (tertiary/aromatic N) is 1. The lowest BCUT2D eigenvalue weighted by Crippen LogP contribution is -2.47. The minimum Gasteiger partial charge on any atom is -0.353 e. The molecule has 0 bridgehead atoms. The Kier molecular flexibility index (Phi) is 5.98. The molecule has 1 aliphatic carbocycles. The predicted octanol–water partition coefficient (Wildman–Crippen LogP) is -0.146. The SMILES string of the molecule is CCNCCNC(=O)CN1C(=O)NC(C)(C2CC2)C1=O.Cl. The number of hydrogen-bond acceptors (Lipinski definition) is 4. The van der Waals surface area contributed by atoms with Gasteiger partial charge in [0.05, 0.1) is 0 Å². The molecule has 1 unspecified atom stereocenters. The Morgan fingerprint density at radius 2 is 2.05 bits per heavy atom. The molecular weight excluding hydrogens is 296 g/mol. The highest BCUT2D eigenvalue weighted by Gasteiger charge is 2.56. The van der Waals surface area contributed by atoms with Crippen molar-refractivity contribution in [3.05, 3.63) is 0 Å². The third-order valence-corrected chi connectivity index (χ3v) is 3.87. The molecule has 0 aromatic carbocycles. The monoisotopic (exact) mass is 318 g/mol. The van der Waals surface area contributed by atoms with Gasteiger partial charge in [-0.2, -0.15) is 0 Å². The molecule has 0 spiro atoms. The summed E-state index contributed by atoms with van der Waals surface area (Å²) in [7, 11) is 0. The number of carbonyl (C=O) groups excluding carboxylic acids is 3. The Bertz CT molecular complexity index is 428. The molecule has 1 saturated heterocycles. The summed E-state index contributed by atoms with van der Waals surface area (Å²) >= 11 is 0. The maximum absolute atomic E-state index is 12.3. The van der Waals surface area contributed by atoms with E-state index in [0.717, 1.165) is 24.3 Å². The summed E-state index contributed by atoms with van der Waals surface area (Å²) in [6.07, 6.45) is 1.90. The van der Waals surface area contributed by atoms with Gasteiger partial charge in [-0.25, -0.2) is 4.79 Å². The molecule has 2 rings (SSSR count). The average molecular weight is 319 g/mol. The van der Waals surface area contributed by atoms with E-state index in [1.165, 1.54) is 0 Å². The molecule has 0 aromatic heterocycles.